The van der Waals surface area contributed by atoms with Crippen LogP contribution in [0.15, 0.2) is 35.9 Å². The van der Waals surface area contributed by atoms with Gasteiger partial charge in [0.25, 0.3) is 0 Å². The Balaban J connectivity index is 1.81. The lowest BCUT2D eigenvalue weighted by molar-refractivity contribution is -0.147. The third-order valence-corrected chi connectivity index (χ3v) is 5.29. The third kappa shape index (κ3) is 8.05. The van der Waals surface area contributed by atoms with Crippen molar-refractivity contribution in [3.8, 4) is 5.75 Å². The smallest absolute Gasteiger partial charge is 0.308 e. The fourth-order valence-corrected chi connectivity index (χ4v) is 3.55. The molecule has 1 aliphatic heterocycles. The number of methoxy groups -OCH3 is 1. The predicted octanol–water partition coefficient (Wildman–Crippen LogP) is 6.01. The molecular weight excluding hydrogens is 352 g/mol. The average molecular weight is 389 g/mol. The Bertz CT molecular complexity index is 633. The molecule has 0 amide bonds. The number of rotatable bonds is 10. The summed E-state index contributed by atoms with van der Waals surface area (Å²) in [7, 11) is 1.42. The van der Waals surface area contributed by atoms with Gasteiger partial charge < -0.3 is 14.2 Å². The summed E-state index contributed by atoms with van der Waals surface area (Å²) >= 11 is 0. The number of esters is 1. The minimum absolute atomic E-state index is 0.0231. The van der Waals surface area contributed by atoms with Crippen molar-refractivity contribution in [1.29, 1.82) is 0 Å². The predicted molar refractivity (Wildman–Crippen MR) is 112 cm³/mol. The van der Waals surface area contributed by atoms with Crippen molar-refractivity contribution >= 4 is 5.97 Å². The molecule has 1 aliphatic rings. The van der Waals surface area contributed by atoms with E-state index in [1.165, 1.54) is 19.1 Å². The molecule has 0 N–H and O–H groups in total. The van der Waals surface area contributed by atoms with Crippen molar-refractivity contribution in [3.05, 3.63) is 41.5 Å². The van der Waals surface area contributed by atoms with Crippen LogP contribution in [-0.4, -0.2) is 25.8 Å². The highest BCUT2D eigenvalue weighted by molar-refractivity contribution is 5.69. The second-order valence-corrected chi connectivity index (χ2v) is 8.13. The van der Waals surface area contributed by atoms with E-state index in [4.69, 9.17) is 14.2 Å². The van der Waals surface area contributed by atoms with Crippen LogP contribution in [0.4, 0.5) is 0 Å². The number of hydrogen-bond donors (Lipinski definition) is 0. The molecule has 156 valence electrons. The van der Waals surface area contributed by atoms with Crippen molar-refractivity contribution in [2.75, 3.05) is 13.7 Å². The zero-order valence-electron chi connectivity index (χ0n) is 17.9. The number of carbonyl (C=O) groups is 1. The van der Waals surface area contributed by atoms with Crippen molar-refractivity contribution in [3.63, 3.8) is 0 Å². The molecule has 0 bridgehead atoms. The van der Waals surface area contributed by atoms with Gasteiger partial charge in [-0.3, -0.25) is 4.79 Å². The van der Waals surface area contributed by atoms with Crippen LogP contribution in [0.3, 0.4) is 0 Å². The number of hydrogen-bond acceptors (Lipinski definition) is 4. The van der Waals surface area contributed by atoms with E-state index >= 15 is 0 Å². The van der Waals surface area contributed by atoms with E-state index in [0.29, 0.717) is 12.3 Å². The summed E-state index contributed by atoms with van der Waals surface area (Å²) in [6.07, 6.45) is 8.94. The molecule has 3 atom stereocenters. The minimum Gasteiger partial charge on any atom is -0.494 e. The van der Waals surface area contributed by atoms with Crippen LogP contribution in [-0.2, 0) is 14.3 Å². The standard InChI is InChI=1S/C24H36O4/c1-18(2)8-5-9-19(3)14-15-27-21-11-6-10-20(16-21)23-13-7-12-22(28-23)17-24(25)26-4/h6,8,10-11,16,19,22-23H,5,7,9,12-15,17H2,1-4H3/t19-,22+,23-/m0/s1. The summed E-state index contributed by atoms with van der Waals surface area (Å²) in [5, 5.41) is 0. The van der Waals surface area contributed by atoms with E-state index in [-0.39, 0.29) is 18.2 Å². The summed E-state index contributed by atoms with van der Waals surface area (Å²) in [6.45, 7) is 7.31. The maximum atomic E-state index is 11.5. The largest absolute Gasteiger partial charge is 0.494 e. The van der Waals surface area contributed by atoms with Crippen molar-refractivity contribution in [2.24, 2.45) is 5.92 Å². The van der Waals surface area contributed by atoms with Crippen LogP contribution in [0, 0.1) is 5.92 Å². The first-order valence-electron chi connectivity index (χ1n) is 10.6. The molecule has 0 spiro atoms. The monoisotopic (exact) mass is 388 g/mol. The summed E-state index contributed by atoms with van der Waals surface area (Å²) in [4.78, 5) is 11.5. The zero-order chi connectivity index (χ0) is 20.4. The van der Waals surface area contributed by atoms with Gasteiger partial charge in [0, 0.05) is 0 Å². The van der Waals surface area contributed by atoms with Crippen LogP contribution in [0.25, 0.3) is 0 Å². The number of allylic oxidation sites excluding steroid dienone is 2. The molecule has 4 nitrogen and oxygen atoms in total. The first kappa shape index (κ1) is 22.5. The molecule has 1 saturated heterocycles. The highest BCUT2D eigenvalue weighted by atomic mass is 16.5. The molecular formula is C24H36O4. The Morgan fingerprint density at radius 3 is 2.86 bits per heavy atom. The van der Waals surface area contributed by atoms with Gasteiger partial charge in [0.15, 0.2) is 0 Å². The lowest BCUT2D eigenvalue weighted by atomic mass is 9.97. The summed E-state index contributed by atoms with van der Waals surface area (Å²) in [6, 6.07) is 8.20. The topological polar surface area (TPSA) is 44.8 Å². The van der Waals surface area contributed by atoms with E-state index < -0.39 is 0 Å². The van der Waals surface area contributed by atoms with Gasteiger partial charge in [0.2, 0.25) is 0 Å². The fraction of sp³-hybridized carbons (Fsp3) is 0.625. The highest BCUT2D eigenvalue weighted by Gasteiger charge is 2.26. The van der Waals surface area contributed by atoms with E-state index in [0.717, 1.165) is 50.0 Å². The summed E-state index contributed by atoms with van der Waals surface area (Å²) < 4.78 is 16.9. The highest BCUT2D eigenvalue weighted by Crippen LogP contribution is 2.33. The summed E-state index contributed by atoms with van der Waals surface area (Å²) in [5.41, 5.74) is 2.52. The van der Waals surface area contributed by atoms with Gasteiger partial charge >= 0.3 is 5.97 Å². The Hall–Kier alpha value is -1.81. The zero-order valence-corrected chi connectivity index (χ0v) is 17.9. The van der Waals surface area contributed by atoms with Gasteiger partial charge in [0.1, 0.15) is 5.75 Å². The molecule has 0 aliphatic carbocycles. The van der Waals surface area contributed by atoms with Crippen molar-refractivity contribution in [1.82, 2.24) is 0 Å². The molecule has 2 rings (SSSR count). The minimum atomic E-state index is -0.207. The lowest BCUT2D eigenvalue weighted by Gasteiger charge is -2.30. The maximum absolute atomic E-state index is 11.5. The maximum Gasteiger partial charge on any atom is 0.308 e. The Kier molecular flexibility index (Phi) is 9.56. The molecule has 1 aromatic rings. The second-order valence-electron chi connectivity index (χ2n) is 8.13. The Morgan fingerprint density at radius 2 is 2.11 bits per heavy atom. The van der Waals surface area contributed by atoms with E-state index in [2.05, 4.69) is 39.0 Å². The van der Waals surface area contributed by atoms with Gasteiger partial charge in [-0.15, -0.1) is 0 Å². The summed E-state index contributed by atoms with van der Waals surface area (Å²) in [5.74, 6) is 1.34. The number of ether oxygens (including phenoxy) is 3. The first-order chi connectivity index (χ1) is 13.5. The second kappa shape index (κ2) is 11.9. The number of benzene rings is 1. The van der Waals surface area contributed by atoms with Gasteiger partial charge in [-0.25, -0.2) is 0 Å². The normalized spacial score (nSPS) is 20.3. The SMILES string of the molecule is COC(=O)C[C@H]1CCC[C@@H](c2cccc(OCC[C@@H](C)CCC=C(C)C)c2)O1. The Labute approximate surface area is 170 Å². The molecule has 28 heavy (non-hydrogen) atoms. The van der Waals surface area contributed by atoms with Gasteiger partial charge in [-0.2, -0.15) is 0 Å². The average Bonchev–Trinajstić information content (AvgIpc) is 2.68. The number of carbonyl (C=O) groups excluding carboxylic acids is 1. The van der Waals surface area contributed by atoms with Crippen LogP contribution < -0.4 is 4.74 Å². The van der Waals surface area contributed by atoms with E-state index in [1.54, 1.807) is 0 Å². The van der Waals surface area contributed by atoms with Crippen molar-refractivity contribution in [2.45, 2.75) is 77.9 Å². The molecule has 0 unspecified atom stereocenters. The van der Waals surface area contributed by atoms with E-state index in [9.17, 15) is 4.79 Å². The Morgan fingerprint density at radius 1 is 1.29 bits per heavy atom. The first-order valence-corrected chi connectivity index (χ1v) is 10.6. The van der Waals surface area contributed by atoms with Crippen LogP contribution in [0.5, 0.6) is 5.75 Å². The third-order valence-electron chi connectivity index (χ3n) is 5.29. The van der Waals surface area contributed by atoms with Gasteiger partial charge in [-0.1, -0.05) is 30.7 Å². The lowest BCUT2D eigenvalue weighted by Crippen LogP contribution is -2.25. The fourth-order valence-electron chi connectivity index (χ4n) is 3.55. The molecule has 0 radical (unpaired) electrons. The van der Waals surface area contributed by atoms with Crippen molar-refractivity contribution < 1.29 is 19.0 Å². The van der Waals surface area contributed by atoms with Crippen LogP contribution >= 0.6 is 0 Å². The quantitative estimate of drug-likeness (QED) is 0.364. The molecule has 1 aromatic carbocycles. The molecule has 1 heterocycles. The van der Waals surface area contributed by atoms with Gasteiger partial charge in [-0.05, 0) is 76.0 Å². The molecule has 0 aromatic heterocycles. The molecule has 1 fully saturated rings. The van der Waals surface area contributed by atoms with Crippen LogP contribution in [0.1, 0.15) is 77.4 Å². The van der Waals surface area contributed by atoms with Gasteiger partial charge in [0.05, 0.1) is 32.3 Å². The molecule has 0 saturated carbocycles. The molecule has 4 heteroatoms. The van der Waals surface area contributed by atoms with Crippen LogP contribution in [0.2, 0.25) is 0 Å². The van der Waals surface area contributed by atoms with E-state index in [1.807, 2.05) is 12.1 Å².